The van der Waals surface area contributed by atoms with Gasteiger partial charge in [0.1, 0.15) is 0 Å². The van der Waals surface area contributed by atoms with E-state index in [2.05, 4.69) is 30.7 Å². The number of carbonyl (C=O) groups is 1. The monoisotopic (exact) mass is 396 g/mol. The van der Waals surface area contributed by atoms with Crippen molar-refractivity contribution in [2.45, 2.75) is 32.2 Å². The summed E-state index contributed by atoms with van der Waals surface area (Å²) in [7, 11) is 0. The van der Waals surface area contributed by atoms with Gasteiger partial charge < -0.3 is 4.90 Å². The first-order chi connectivity index (χ1) is 13.3. The zero-order chi connectivity index (χ0) is 20.1. The zero-order valence-corrected chi connectivity index (χ0v) is 15.0. The molecule has 1 fully saturated rings. The Labute approximate surface area is 158 Å². The number of H-pyrrole nitrogens is 1. The van der Waals surface area contributed by atoms with Crippen LogP contribution in [0.4, 0.5) is 18.9 Å². The summed E-state index contributed by atoms with van der Waals surface area (Å²) in [5.74, 6) is -0.496. The lowest BCUT2D eigenvalue weighted by atomic mass is 10.0. The molecule has 2 N–H and O–H groups in total. The molecule has 1 aromatic heterocycles. The number of hydrogen-bond donors (Lipinski definition) is 2. The molecule has 0 bridgehead atoms. The van der Waals surface area contributed by atoms with E-state index in [0.29, 0.717) is 25.9 Å². The van der Waals surface area contributed by atoms with E-state index in [-0.39, 0.29) is 5.69 Å². The van der Waals surface area contributed by atoms with Gasteiger partial charge in [-0.25, -0.2) is 5.43 Å². The molecule has 0 spiro atoms. The highest BCUT2D eigenvalue weighted by Gasteiger charge is 2.35. The van der Waals surface area contributed by atoms with E-state index in [9.17, 15) is 18.0 Å². The summed E-state index contributed by atoms with van der Waals surface area (Å²) < 4.78 is 41.1. The van der Waals surface area contributed by atoms with Crippen LogP contribution in [0.3, 0.4) is 0 Å². The second-order valence-electron chi connectivity index (χ2n) is 6.41. The van der Waals surface area contributed by atoms with E-state index in [1.807, 2.05) is 30.0 Å². The van der Waals surface area contributed by atoms with Crippen molar-refractivity contribution in [3.8, 4) is 0 Å². The predicted molar refractivity (Wildman–Crippen MR) is 95.0 cm³/mol. The first-order valence-corrected chi connectivity index (χ1v) is 8.60. The summed E-state index contributed by atoms with van der Waals surface area (Å²) in [6, 6.07) is 5.70. The van der Waals surface area contributed by atoms with E-state index < -0.39 is 18.4 Å². The van der Waals surface area contributed by atoms with Gasteiger partial charge in [-0.05, 0) is 43.0 Å². The van der Waals surface area contributed by atoms with Crippen LogP contribution in [0.15, 0.2) is 29.5 Å². The number of ether oxygens (including phenoxy) is 1. The highest BCUT2D eigenvalue weighted by molar-refractivity contribution is 5.92. The maximum absolute atomic E-state index is 12.3. The lowest BCUT2D eigenvalue weighted by Gasteiger charge is -2.34. The molecule has 0 atom stereocenters. The molecule has 0 radical (unpaired) electrons. The van der Waals surface area contributed by atoms with Gasteiger partial charge in [-0.1, -0.05) is 6.07 Å². The van der Waals surface area contributed by atoms with Crippen molar-refractivity contribution < 1.29 is 22.7 Å². The number of piperidine rings is 1. The number of aromatic amines is 1. The molecule has 1 aromatic carbocycles. The third-order valence-electron chi connectivity index (χ3n) is 4.22. The number of alkyl halides is 3. The van der Waals surface area contributed by atoms with E-state index in [1.54, 1.807) is 0 Å². The third kappa shape index (κ3) is 5.52. The number of anilines is 1. The van der Waals surface area contributed by atoms with Gasteiger partial charge in [-0.15, -0.1) is 13.2 Å². The first kappa shape index (κ1) is 19.8. The van der Waals surface area contributed by atoms with Crippen molar-refractivity contribution in [1.29, 1.82) is 0 Å². The number of amides is 1. The molecular weight excluding hydrogens is 377 g/mol. The Morgan fingerprint density at radius 3 is 2.75 bits per heavy atom. The molecule has 1 aliphatic heterocycles. The molecule has 1 saturated heterocycles. The molecule has 2 heterocycles. The Kier molecular flexibility index (Phi) is 5.93. The van der Waals surface area contributed by atoms with Crippen LogP contribution in [0.25, 0.3) is 0 Å². The number of carbonyl (C=O) groups excluding carboxylic acids is 1. The molecule has 3 rings (SSSR count). The van der Waals surface area contributed by atoms with Crippen LogP contribution < -0.4 is 10.3 Å². The van der Waals surface area contributed by atoms with Crippen LogP contribution in [0.2, 0.25) is 0 Å². The van der Waals surface area contributed by atoms with E-state index in [0.717, 1.165) is 16.8 Å². The average molecular weight is 396 g/mol. The molecule has 2 aromatic rings. The van der Waals surface area contributed by atoms with Crippen LogP contribution in [0.1, 0.15) is 34.5 Å². The summed E-state index contributed by atoms with van der Waals surface area (Å²) in [6.45, 7) is 2.84. The van der Waals surface area contributed by atoms with Gasteiger partial charge in [-0.3, -0.25) is 9.53 Å². The SMILES string of the molecule is Cc1cc(/C=N/NC(=O)c2cn[nH]n2)cc(N2CCC(OC(F)(F)F)CC2)c1. The molecule has 28 heavy (non-hydrogen) atoms. The molecule has 1 amide bonds. The second kappa shape index (κ2) is 8.38. The lowest BCUT2D eigenvalue weighted by Crippen LogP contribution is -2.39. The molecule has 0 saturated carbocycles. The highest BCUT2D eigenvalue weighted by atomic mass is 19.4. The Hall–Kier alpha value is -2.95. The normalized spacial score (nSPS) is 15.9. The van der Waals surface area contributed by atoms with Gasteiger partial charge in [-0.2, -0.15) is 20.5 Å². The van der Waals surface area contributed by atoms with Gasteiger partial charge >= 0.3 is 6.36 Å². The topological polar surface area (TPSA) is 95.5 Å². The maximum atomic E-state index is 12.3. The molecule has 0 unspecified atom stereocenters. The number of benzene rings is 1. The summed E-state index contributed by atoms with van der Waals surface area (Å²) in [6.07, 6.45) is -2.05. The van der Waals surface area contributed by atoms with Crippen molar-refractivity contribution in [2.24, 2.45) is 5.10 Å². The van der Waals surface area contributed by atoms with E-state index in [4.69, 9.17) is 0 Å². The summed E-state index contributed by atoms with van der Waals surface area (Å²) in [5.41, 5.74) is 5.07. The smallest absolute Gasteiger partial charge is 0.371 e. The number of aryl methyl sites for hydroxylation is 1. The van der Waals surface area contributed by atoms with Gasteiger partial charge in [0.15, 0.2) is 5.69 Å². The summed E-state index contributed by atoms with van der Waals surface area (Å²) in [4.78, 5) is 13.8. The Morgan fingerprint density at radius 1 is 1.36 bits per heavy atom. The minimum Gasteiger partial charge on any atom is -0.371 e. The quantitative estimate of drug-likeness (QED) is 0.598. The van der Waals surface area contributed by atoms with Crippen molar-refractivity contribution in [1.82, 2.24) is 20.8 Å². The van der Waals surface area contributed by atoms with Crippen LogP contribution in [-0.2, 0) is 4.74 Å². The van der Waals surface area contributed by atoms with Gasteiger partial charge in [0.25, 0.3) is 5.91 Å². The van der Waals surface area contributed by atoms with Gasteiger partial charge in [0, 0.05) is 18.8 Å². The standard InChI is InChI=1S/C17H19F3N6O2/c1-11-6-12(9-21-24-16(27)15-10-22-25-23-15)8-13(7-11)26-4-2-14(3-5-26)28-17(18,19)20/h6-10,14H,2-5H2,1H3,(H,24,27)(H,22,23,25)/b21-9+. The highest BCUT2D eigenvalue weighted by Crippen LogP contribution is 2.27. The zero-order valence-electron chi connectivity index (χ0n) is 15.0. The van der Waals surface area contributed by atoms with Crippen LogP contribution in [0, 0.1) is 6.92 Å². The maximum Gasteiger partial charge on any atom is 0.522 e. The molecule has 150 valence electrons. The Balaban J connectivity index is 1.60. The first-order valence-electron chi connectivity index (χ1n) is 8.60. The number of rotatable bonds is 5. The fraction of sp³-hybridized carbons (Fsp3) is 0.412. The summed E-state index contributed by atoms with van der Waals surface area (Å²) in [5, 5.41) is 13.4. The second-order valence-corrected chi connectivity index (χ2v) is 6.41. The van der Waals surface area contributed by atoms with Crippen molar-refractivity contribution >= 4 is 17.8 Å². The average Bonchev–Trinajstić information content (AvgIpc) is 3.15. The van der Waals surface area contributed by atoms with Crippen LogP contribution >= 0.6 is 0 Å². The predicted octanol–water partition coefficient (Wildman–Crippen LogP) is 2.38. The van der Waals surface area contributed by atoms with Crippen LogP contribution in [0.5, 0.6) is 0 Å². The number of nitrogens with zero attached hydrogens (tertiary/aromatic N) is 4. The lowest BCUT2D eigenvalue weighted by molar-refractivity contribution is -0.344. The Bertz CT molecular complexity index is 830. The van der Waals surface area contributed by atoms with Crippen LogP contribution in [-0.4, -0.2) is 53.1 Å². The number of hydrogen-bond acceptors (Lipinski definition) is 6. The van der Waals surface area contributed by atoms with Gasteiger partial charge in [0.05, 0.1) is 18.5 Å². The minimum atomic E-state index is -4.60. The molecule has 0 aliphatic carbocycles. The van der Waals surface area contributed by atoms with Crippen molar-refractivity contribution in [3.63, 3.8) is 0 Å². The minimum absolute atomic E-state index is 0.117. The fourth-order valence-corrected chi connectivity index (χ4v) is 3.00. The number of halogens is 3. The number of nitrogens with one attached hydrogen (secondary N) is 2. The van der Waals surface area contributed by atoms with E-state index in [1.165, 1.54) is 12.4 Å². The van der Waals surface area contributed by atoms with Gasteiger partial charge in [0.2, 0.25) is 0 Å². The number of hydrazone groups is 1. The van der Waals surface area contributed by atoms with E-state index >= 15 is 0 Å². The van der Waals surface area contributed by atoms with Crippen molar-refractivity contribution in [2.75, 3.05) is 18.0 Å². The molecule has 11 heteroatoms. The molecule has 1 aliphatic rings. The largest absolute Gasteiger partial charge is 0.522 e. The number of aromatic nitrogens is 3. The third-order valence-corrected chi connectivity index (χ3v) is 4.22. The molecule has 8 nitrogen and oxygen atoms in total. The Morgan fingerprint density at radius 2 is 2.11 bits per heavy atom. The molecular formula is C17H19F3N6O2. The van der Waals surface area contributed by atoms with Crippen molar-refractivity contribution in [3.05, 3.63) is 41.2 Å². The summed E-state index contributed by atoms with van der Waals surface area (Å²) >= 11 is 0. The fourth-order valence-electron chi connectivity index (χ4n) is 3.00.